The molecule has 0 N–H and O–H groups in total. The molecule has 4 heteroatoms. The monoisotopic (exact) mass is 1090 g/mol. The number of halogens is 2. The Morgan fingerprint density at radius 2 is 0.750 bits per heavy atom. The van der Waals surface area contributed by atoms with Crippen molar-refractivity contribution in [3.63, 3.8) is 0 Å². The summed E-state index contributed by atoms with van der Waals surface area (Å²) in [7, 11) is 0. The van der Waals surface area contributed by atoms with Gasteiger partial charge in [-0.1, -0.05) is 149 Å². The van der Waals surface area contributed by atoms with Gasteiger partial charge in [-0.15, -0.1) is 69.1 Å². The van der Waals surface area contributed by atoms with Crippen molar-refractivity contribution >= 4 is 27.0 Å². The van der Waals surface area contributed by atoms with Crippen molar-refractivity contribution in [2.24, 2.45) is 47.3 Å². The number of rotatable bonds is 8. The van der Waals surface area contributed by atoms with Gasteiger partial charge >= 0.3 is 41.9 Å². The first-order valence-corrected chi connectivity index (χ1v) is 35.5. The van der Waals surface area contributed by atoms with E-state index in [4.69, 9.17) is 0 Å². The Hall–Kier alpha value is -2.22. The number of benzene rings is 4. The molecule has 10 saturated carbocycles. The predicted octanol–water partition coefficient (Wildman–Crippen LogP) is 13.2. The van der Waals surface area contributed by atoms with Crippen LogP contribution in [-0.2, 0) is 47.0 Å². The second-order valence-corrected chi connectivity index (χ2v) is 35.4. The molecule has 0 heterocycles. The third-order valence-corrected chi connectivity index (χ3v) is 20.3. The van der Waals surface area contributed by atoms with Crippen molar-refractivity contribution in [1.82, 2.24) is 0 Å². The van der Waals surface area contributed by atoms with Crippen LogP contribution < -0.4 is 24.8 Å². The molecule has 16 rings (SSSR count). The maximum absolute atomic E-state index is 2.52. The maximum Gasteiger partial charge on any atom is -0.00391 e. The normalized spacial score (nSPS) is 29.6. The summed E-state index contributed by atoms with van der Waals surface area (Å²) in [6.45, 7) is 4.62. The Morgan fingerprint density at radius 1 is 0.444 bits per heavy atom. The Kier molecular flexibility index (Phi) is 17.1. The summed E-state index contributed by atoms with van der Waals surface area (Å²) in [5, 5.41) is 5.79. The summed E-state index contributed by atoms with van der Waals surface area (Å²) in [6.07, 6.45) is 37.7. The number of hydrogen-bond donors (Lipinski definition) is 0. The average molecular weight is 1090 g/mol. The van der Waals surface area contributed by atoms with E-state index < -0.39 is 0 Å². The molecule has 10 aliphatic carbocycles. The van der Waals surface area contributed by atoms with Gasteiger partial charge in [0.1, 0.15) is 0 Å². The van der Waals surface area contributed by atoms with Gasteiger partial charge < -0.3 is 24.8 Å². The molecule has 0 aliphatic heterocycles. The van der Waals surface area contributed by atoms with Gasteiger partial charge in [0.25, 0.3) is 0 Å². The van der Waals surface area contributed by atoms with Gasteiger partial charge in [0.15, 0.2) is 0 Å². The van der Waals surface area contributed by atoms with Crippen LogP contribution >= 0.6 is 0 Å². The van der Waals surface area contributed by atoms with Gasteiger partial charge in [-0.3, -0.25) is 0 Å². The van der Waals surface area contributed by atoms with E-state index in [1.54, 1.807) is 45.6 Å². The van der Waals surface area contributed by atoms with Crippen LogP contribution in [0.5, 0.6) is 0 Å². The zero-order valence-electron chi connectivity index (χ0n) is 44.2. The van der Waals surface area contributed by atoms with Crippen LogP contribution in [0.1, 0.15) is 176 Å². The van der Waals surface area contributed by atoms with Gasteiger partial charge in [0.2, 0.25) is 0 Å². The third kappa shape index (κ3) is 11.5. The molecule has 6 aromatic rings. The fourth-order valence-corrected chi connectivity index (χ4v) is 18.1. The average Bonchev–Trinajstić information content (AvgIpc) is 3.73. The molecule has 8 bridgehead atoms. The number of hydrogen-bond acceptors (Lipinski definition) is 0. The van der Waals surface area contributed by atoms with E-state index in [9.17, 15) is 0 Å². The minimum absolute atomic E-state index is 0. The summed E-state index contributed by atoms with van der Waals surface area (Å²) in [6, 6.07) is 43.7. The molecule has 0 spiro atoms. The van der Waals surface area contributed by atoms with E-state index >= 15 is 0 Å². The molecule has 72 heavy (non-hydrogen) atoms. The minimum Gasteiger partial charge on any atom is -1.00 e. The summed E-state index contributed by atoms with van der Waals surface area (Å²) >= 11 is 1.74. The van der Waals surface area contributed by atoms with Crippen molar-refractivity contribution < 1.29 is 48.1 Å². The third-order valence-electron chi connectivity index (χ3n) is 20.3. The van der Waals surface area contributed by atoms with Crippen molar-refractivity contribution in [1.29, 1.82) is 0 Å². The summed E-state index contributed by atoms with van der Waals surface area (Å²) < 4.78 is 0. The summed E-state index contributed by atoms with van der Waals surface area (Å²) in [5.74, 6) is 7.88. The second kappa shape index (κ2) is 23.2. The number of fused-ring (bicyclic) bond motifs is 2. The Labute approximate surface area is 463 Å². The fraction of sp³-hybridized carbons (Fsp3) is 0.559. The van der Waals surface area contributed by atoms with Crippen LogP contribution in [0.4, 0.5) is 0 Å². The minimum atomic E-state index is 0. The summed E-state index contributed by atoms with van der Waals surface area (Å²) in [4.78, 5) is 0. The first kappa shape index (κ1) is 53.2. The molecule has 10 aliphatic rings. The standard InChI is InChI=1S/2C33H39.C2H6Si.2ClH.Zr/c2*1-2-4-7-23(6-3-1)14-24-18-29-8-5-9-31(32(29)19-24)28-10-12-30(13-11-28)33-20-25-15-26(21-33)17-27(16-25)22-33;1-3-2;;;/h2*5,8-13,18-19,23,25-27H,1-4,6-7,14-17,20-22H2;1-2H3;2*1H;/q2*-1;;;;+2/p-2. The van der Waals surface area contributed by atoms with Crippen LogP contribution in [-0.4, -0.2) is 5.43 Å². The topological polar surface area (TPSA) is 0 Å². The largest absolute Gasteiger partial charge is 1.00 e. The first-order valence-electron chi connectivity index (χ1n) is 29.3. The van der Waals surface area contributed by atoms with Crippen LogP contribution in [0.2, 0.25) is 13.1 Å². The molecular weight excluding hydrogens is 1010 g/mol. The molecule has 0 amide bonds. The molecule has 0 unspecified atom stereocenters. The van der Waals surface area contributed by atoms with Gasteiger partial charge in [-0.2, -0.15) is 12.1 Å². The van der Waals surface area contributed by atoms with Gasteiger partial charge in [-0.25, -0.2) is 0 Å². The van der Waals surface area contributed by atoms with Gasteiger partial charge in [0.05, 0.1) is 0 Å². The van der Waals surface area contributed by atoms with Crippen LogP contribution in [0.15, 0.2) is 109 Å². The van der Waals surface area contributed by atoms with Gasteiger partial charge in [-0.05, 0) is 170 Å². The zero-order chi connectivity index (χ0) is 47.2. The fourth-order valence-electron chi connectivity index (χ4n) is 18.1. The Bertz CT molecular complexity index is 2480. The quantitative estimate of drug-likeness (QED) is 0.0810. The Morgan fingerprint density at radius 3 is 1.06 bits per heavy atom. The van der Waals surface area contributed by atoms with E-state index in [0.717, 1.165) is 47.3 Å². The molecular formula is C68H84Cl2SiZr-2. The van der Waals surface area contributed by atoms with Crippen LogP contribution in [0.25, 0.3) is 43.8 Å². The van der Waals surface area contributed by atoms with Crippen molar-refractivity contribution in [3.8, 4) is 22.3 Å². The van der Waals surface area contributed by atoms with E-state index in [0.29, 0.717) is 10.8 Å². The van der Waals surface area contributed by atoms with Crippen molar-refractivity contribution in [2.75, 3.05) is 0 Å². The molecule has 0 atom stereocenters. The molecule has 0 radical (unpaired) electrons. The van der Waals surface area contributed by atoms with Crippen LogP contribution in [0, 0.1) is 47.3 Å². The summed E-state index contributed by atoms with van der Waals surface area (Å²) in [5.41, 5.74) is 13.3. The predicted molar refractivity (Wildman–Crippen MR) is 297 cm³/mol. The molecule has 0 saturated heterocycles. The molecule has 0 nitrogen and oxygen atoms in total. The molecule has 10 fully saturated rings. The zero-order valence-corrected chi connectivity index (χ0v) is 49.1. The second-order valence-electron chi connectivity index (χ2n) is 26.0. The SMILES string of the molecule is C[Si](C)=[Zr+2].[Cl-].[Cl-].c1cc(-c2ccc(C34CC5CC(CC(C5)C3)C4)cc2)c2cc(CC3CCCCCC3)[cH-]c2c1.c1cc(-c2ccc(C34CC5CC(CC(C5)C3)C4)cc2)c2cc(CC3CCCCCC3)[cH-]c2c1. The van der Waals surface area contributed by atoms with E-state index in [1.807, 2.05) is 0 Å². The molecule has 0 aromatic heterocycles. The van der Waals surface area contributed by atoms with E-state index in [-0.39, 0.29) is 30.2 Å². The Balaban J connectivity index is 0.000000151. The molecule has 6 aromatic carbocycles. The smallest absolute Gasteiger partial charge is 0.00391 e. The van der Waals surface area contributed by atoms with Crippen molar-refractivity contribution in [3.05, 3.63) is 131 Å². The molecule has 380 valence electrons. The van der Waals surface area contributed by atoms with Crippen LogP contribution in [0.3, 0.4) is 0 Å². The van der Waals surface area contributed by atoms with Gasteiger partial charge in [0, 0.05) is 0 Å². The first-order chi connectivity index (χ1) is 34.2. The van der Waals surface area contributed by atoms with E-state index in [2.05, 4.69) is 122 Å². The van der Waals surface area contributed by atoms with E-state index in [1.165, 1.54) is 211 Å². The van der Waals surface area contributed by atoms with Crippen molar-refractivity contribution in [2.45, 2.75) is 191 Å². The maximum atomic E-state index is 2.52.